The van der Waals surface area contributed by atoms with Gasteiger partial charge in [-0.1, -0.05) is 34.6 Å². The minimum Gasteiger partial charge on any atom is -0.469 e. The molecule has 0 amide bonds. The fourth-order valence-corrected chi connectivity index (χ4v) is 15.2. The summed E-state index contributed by atoms with van der Waals surface area (Å²) < 4.78 is 73.5. The number of rotatable bonds is 21. The Labute approximate surface area is 539 Å². The van der Waals surface area contributed by atoms with Crippen LogP contribution in [-0.2, 0) is 129 Å². The van der Waals surface area contributed by atoms with Gasteiger partial charge in [-0.3, -0.25) is 43.2 Å². The van der Waals surface area contributed by atoms with Gasteiger partial charge in [0, 0.05) is 35.5 Å². The molecule has 6 saturated heterocycles. The largest absolute Gasteiger partial charge is 0.469 e. The molecule has 6 heterocycles. The molecule has 27 nitrogen and oxygen atoms in total. The van der Waals surface area contributed by atoms with Gasteiger partial charge >= 0.3 is 77.6 Å². The molecule has 0 aromatic rings. The molecule has 27 heteroatoms. The Morgan fingerprint density at radius 3 is 1.25 bits per heavy atom. The van der Waals surface area contributed by atoms with Crippen LogP contribution in [0.15, 0.2) is 0 Å². The van der Waals surface area contributed by atoms with Crippen molar-refractivity contribution in [3.05, 3.63) is 0 Å². The maximum absolute atomic E-state index is 12.1. The molecule has 6 aliphatic heterocycles. The molecule has 0 spiro atoms. The van der Waals surface area contributed by atoms with E-state index in [-0.39, 0.29) is 114 Å². The van der Waals surface area contributed by atoms with Crippen LogP contribution in [0.1, 0.15) is 148 Å². The molecule has 22 atom stereocenters. The molecule has 93 heavy (non-hydrogen) atoms. The van der Waals surface area contributed by atoms with Gasteiger partial charge < -0.3 is 66.3 Å². The lowest BCUT2D eigenvalue weighted by Crippen LogP contribution is -2.44. The van der Waals surface area contributed by atoms with E-state index in [4.69, 9.17) is 66.3 Å². The third-order valence-electron chi connectivity index (χ3n) is 22.3. The van der Waals surface area contributed by atoms with Crippen LogP contribution in [0.25, 0.3) is 0 Å². The predicted molar refractivity (Wildman–Crippen MR) is 310 cm³/mol. The monoisotopic (exact) mass is 1310 g/mol. The van der Waals surface area contributed by atoms with E-state index in [1.165, 1.54) is 7.11 Å². The third-order valence-corrected chi connectivity index (χ3v) is 22.3. The summed E-state index contributed by atoms with van der Waals surface area (Å²) in [6.07, 6.45) is 1.63. The lowest BCUT2D eigenvalue weighted by molar-refractivity contribution is -0.174. The van der Waals surface area contributed by atoms with Crippen molar-refractivity contribution in [1.82, 2.24) is 0 Å². The topological polar surface area (TPSA) is 351 Å². The lowest BCUT2D eigenvalue weighted by Gasteiger charge is -2.30. The standard InChI is InChI=1S/C18H24O8.C17H24O6.C16H22O6.C15H20O7/c1-5-18(2,3)17(22)24-7-10(19)25-13-8-6-9-12(11(8)15(20)23-4)16(21)26-14(9)13;1-5-17(3,4)16(20)21-7-11(18)22-13-9-6-10-12(8(9)2)15(19)23-14(10)13;1-4-16(2,3)15(19)20-7-11(17)21-12-8-5-9-10(6-8)14(18)22-13(9)12;1-4-15(2,3)14(18)19-6-9(16)21-11-8-5-7-10(20-8)12(11)22-13(7)17/h8-9,11-14H,5-7H2,1-4H3;8-10,12-14H,5-7H2,1-4H3;8-10,12-13H,4-7H2,1-3H3;7-8,10-12H,4-6H2,1-3H3. The number of carbonyl (C=O) groups is 13. The highest BCUT2D eigenvalue weighted by molar-refractivity contribution is 5.87. The number of fused-ring (bicyclic) bond motifs is 4. The molecule has 0 aromatic carbocycles. The first kappa shape index (κ1) is 70.4. The zero-order valence-electron chi connectivity index (χ0n) is 55.4. The number of ether oxygens (including phenoxy) is 14. The highest BCUT2D eigenvalue weighted by atomic mass is 16.7. The third kappa shape index (κ3) is 13.7. The molecule has 22 unspecified atom stereocenters. The van der Waals surface area contributed by atoms with E-state index in [0.717, 1.165) is 19.3 Å². The first-order chi connectivity index (χ1) is 43.6. The summed E-state index contributed by atoms with van der Waals surface area (Å²) in [5, 5.41) is 0. The van der Waals surface area contributed by atoms with Gasteiger partial charge in [0.2, 0.25) is 0 Å². The summed E-state index contributed by atoms with van der Waals surface area (Å²) in [5.41, 5.74) is -2.54. The highest BCUT2D eigenvalue weighted by Gasteiger charge is 2.71. The second-order valence-electron chi connectivity index (χ2n) is 29.2. The van der Waals surface area contributed by atoms with E-state index in [1.807, 2.05) is 34.6 Å². The first-order valence-electron chi connectivity index (χ1n) is 32.7. The molecule has 6 aliphatic carbocycles. The van der Waals surface area contributed by atoms with Crippen molar-refractivity contribution in [2.75, 3.05) is 33.5 Å². The van der Waals surface area contributed by atoms with E-state index in [0.29, 0.717) is 38.5 Å². The number of hydrogen-bond acceptors (Lipinski definition) is 27. The summed E-state index contributed by atoms with van der Waals surface area (Å²) in [7, 11) is 1.27. The quantitative estimate of drug-likeness (QED) is 0.112. The maximum Gasteiger partial charge on any atom is 0.344 e. The first-order valence-corrected chi connectivity index (χ1v) is 32.7. The van der Waals surface area contributed by atoms with Crippen molar-refractivity contribution in [3.63, 3.8) is 0 Å². The normalized spacial score (nSPS) is 35.7. The number of carbonyl (C=O) groups excluding carboxylic acids is 13. The van der Waals surface area contributed by atoms with E-state index in [2.05, 4.69) is 0 Å². The molecule has 8 bridgehead atoms. The Balaban J connectivity index is 0.000000147. The van der Waals surface area contributed by atoms with Crippen molar-refractivity contribution in [1.29, 1.82) is 0 Å². The number of methoxy groups -OCH3 is 1. The average Bonchev–Trinajstić information content (AvgIpc) is 1.58. The molecule has 6 saturated carbocycles. The zero-order chi connectivity index (χ0) is 68.3. The van der Waals surface area contributed by atoms with Crippen LogP contribution in [0.3, 0.4) is 0 Å². The molecule has 0 aromatic heterocycles. The number of hydrogen-bond donors (Lipinski definition) is 0. The van der Waals surface area contributed by atoms with E-state index in [9.17, 15) is 62.3 Å². The van der Waals surface area contributed by atoms with E-state index in [1.54, 1.807) is 55.4 Å². The molecule has 0 N–H and O–H groups in total. The van der Waals surface area contributed by atoms with Crippen molar-refractivity contribution in [2.24, 2.45) is 92.7 Å². The van der Waals surface area contributed by atoms with Crippen molar-refractivity contribution in [3.8, 4) is 0 Å². The fraction of sp³-hybridized carbons (Fsp3) is 0.803. The Morgan fingerprint density at radius 2 is 0.785 bits per heavy atom. The van der Waals surface area contributed by atoms with Crippen LogP contribution in [0.5, 0.6) is 0 Å². The van der Waals surface area contributed by atoms with Crippen LogP contribution in [-0.4, -0.2) is 172 Å². The molecule has 12 aliphatic rings. The SMILES string of the molecule is CCC(C)(C)C(=O)OCC(=O)OC1C2CC3C(=O)OC1C3C2.CCC(C)(C)C(=O)OCC(=O)OC1C2CC3C(=O)OC1C3O2.CCC(C)(C)C(=O)OCC(=O)OC1C2CC3C1OC(=O)C3C2C.CCC(C)(C)C(=O)OCC(=O)OC1C2CC3C1OC(=O)C3C2C(=O)OC. The van der Waals surface area contributed by atoms with Gasteiger partial charge in [0.05, 0.1) is 64.5 Å². The van der Waals surface area contributed by atoms with Crippen molar-refractivity contribution >= 4 is 77.6 Å². The second-order valence-corrected chi connectivity index (χ2v) is 29.2. The van der Waals surface area contributed by atoms with Gasteiger partial charge in [-0.15, -0.1) is 0 Å². The lowest BCUT2D eigenvalue weighted by atomic mass is 9.78. The second kappa shape index (κ2) is 27.1. The highest BCUT2D eigenvalue weighted by Crippen LogP contribution is 2.60. The van der Waals surface area contributed by atoms with Gasteiger partial charge in [0.15, 0.2) is 38.6 Å². The minimum atomic E-state index is -0.717. The number of esters is 13. The zero-order valence-corrected chi connectivity index (χ0v) is 55.4. The van der Waals surface area contributed by atoms with Crippen LogP contribution >= 0.6 is 0 Å². The maximum atomic E-state index is 12.1. The van der Waals surface area contributed by atoms with E-state index < -0.39 is 144 Å². The van der Waals surface area contributed by atoms with Crippen molar-refractivity contribution in [2.45, 2.75) is 209 Å². The van der Waals surface area contributed by atoms with Gasteiger partial charge in [0.25, 0.3) is 0 Å². The molecule has 12 rings (SSSR count). The van der Waals surface area contributed by atoms with Crippen LogP contribution in [0.4, 0.5) is 0 Å². The van der Waals surface area contributed by atoms with Gasteiger partial charge in [-0.25, -0.2) is 19.2 Å². The smallest absolute Gasteiger partial charge is 0.344 e. The molecule has 12 fully saturated rings. The molecule has 0 radical (unpaired) electrons. The van der Waals surface area contributed by atoms with E-state index >= 15 is 0 Å². The summed E-state index contributed by atoms with van der Waals surface area (Å²) >= 11 is 0. The average molecular weight is 1320 g/mol. The van der Waals surface area contributed by atoms with Crippen LogP contribution < -0.4 is 0 Å². The molecule has 516 valence electrons. The Hall–Kier alpha value is -6.93. The summed E-state index contributed by atoms with van der Waals surface area (Å²) in [4.78, 5) is 155. The van der Waals surface area contributed by atoms with Crippen LogP contribution in [0.2, 0.25) is 0 Å². The Kier molecular flexibility index (Phi) is 20.5. The summed E-state index contributed by atoms with van der Waals surface area (Å²) in [6.45, 7) is 21.8. The van der Waals surface area contributed by atoms with Gasteiger partial charge in [-0.2, -0.15) is 0 Å². The molecular formula is C66H90O27. The minimum absolute atomic E-state index is 0.00636. The Bertz CT molecular complexity index is 2890. The van der Waals surface area contributed by atoms with Crippen LogP contribution in [0, 0.1) is 92.7 Å². The van der Waals surface area contributed by atoms with Crippen molar-refractivity contribution < 1.29 is 129 Å². The fourth-order valence-electron chi connectivity index (χ4n) is 15.2. The Morgan fingerprint density at radius 1 is 0.409 bits per heavy atom. The van der Waals surface area contributed by atoms with Gasteiger partial charge in [0.1, 0.15) is 42.7 Å². The molecular weight excluding hydrogens is 1220 g/mol. The summed E-state index contributed by atoms with van der Waals surface area (Å²) in [6, 6.07) is 0. The van der Waals surface area contributed by atoms with Gasteiger partial charge in [-0.05, 0) is 119 Å². The summed E-state index contributed by atoms with van der Waals surface area (Å²) in [5.74, 6) is -6.82. The predicted octanol–water partition coefficient (Wildman–Crippen LogP) is 4.61.